The lowest BCUT2D eigenvalue weighted by Gasteiger charge is -2.04. The summed E-state index contributed by atoms with van der Waals surface area (Å²) in [7, 11) is 1.28. The van der Waals surface area contributed by atoms with E-state index < -0.39 is 11.9 Å². The molecular weight excluding hydrogens is 294 g/mol. The van der Waals surface area contributed by atoms with Crippen molar-refractivity contribution < 1.29 is 18.7 Å². The number of rotatable bonds is 4. The molecule has 21 heavy (non-hydrogen) atoms. The number of ether oxygens (including phenoxy) is 1. The van der Waals surface area contributed by atoms with Gasteiger partial charge in [0.25, 0.3) is 0 Å². The first-order chi connectivity index (χ1) is 10.0. The van der Waals surface area contributed by atoms with Crippen molar-refractivity contribution in [3.8, 4) is 11.3 Å². The van der Waals surface area contributed by atoms with Crippen molar-refractivity contribution in [2.45, 2.75) is 0 Å². The van der Waals surface area contributed by atoms with Crippen LogP contribution in [0.1, 0.15) is 16.1 Å². The van der Waals surface area contributed by atoms with E-state index in [9.17, 15) is 9.59 Å². The topological polar surface area (TPSA) is 82.5 Å². The molecule has 0 fully saturated rings. The predicted octanol–water partition coefficient (Wildman–Crippen LogP) is 2.89. The second-order valence-electron chi connectivity index (χ2n) is 4.12. The van der Waals surface area contributed by atoms with Gasteiger partial charge in [0.2, 0.25) is 5.91 Å². The Kier molecular flexibility index (Phi) is 4.45. The van der Waals surface area contributed by atoms with Gasteiger partial charge in [-0.3, -0.25) is 4.79 Å². The van der Waals surface area contributed by atoms with Crippen molar-refractivity contribution in [1.29, 1.82) is 0 Å². The molecule has 1 aromatic carbocycles. The van der Waals surface area contributed by atoms with Crippen LogP contribution in [0.5, 0.6) is 0 Å². The normalized spacial score (nSPS) is 10.8. The van der Waals surface area contributed by atoms with E-state index in [1.807, 2.05) is 0 Å². The standard InChI is InChI=1S/C15H12ClNO4/c1-20-15(19)11-8-9(2-5-12(11)16)13-6-3-10(21-13)4-7-14(17)18/h2-8H,1H3,(H2,17,18)/b7-4+. The third-order valence-corrected chi connectivity index (χ3v) is 3.02. The zero-order valence-electron chi connectivity index (χ0n) is 11.1. The maximum atomic E-state index is 11.6. The fraction of sp³-hybridized carbons (Fsp3) is 0.0667. The Hall–Kier alpha value is -2.53. The van der Waals surface area contributed by atoms with E-state index in [-0.39, 0.29) is 5.56 Å². The van der Waals surface area contributed by atoms with Crippen LogP contribution in [0.2, 0.25) is 5.02 Å². The lowest BCUT2D eigenvalue weighted by atomic mass is 10.1. The zero-order chi connectivity index (χ0) is 15.4. The summed E-state index contributed by atoms with van der Waals surface area (Å²) in [5, 5.41) is 0.297. The molecule has 1 aromatic heterocycles. The molecule has 6 heteroatoms. The van der Waals surface area contributed by atoms with E-state index in [1.54, 1.807) is 30.3 Å². The quantitative estimate of drug-likeness (QED) is 0.695. The molecule has 1 heterocycles. The monoisotopic (exact) mass is 305 g/mol. The van der Waals surface area contributed by atoms with Crippen molar-refractivity contribution in [1.82, 2.24) is 0 Å². The van der Waals surface area contributed by atoms with Crippen molar-refractivity contribution in [3.63, 3.8) is 0 Å². The van der Waals surface area contributed by atoms with Crippen LogP contribution >= 0.6 is 11.6 Å². The van der Waals surface area contributed by atoms with E-state index in [0.717, 1.165) is 0 Å². The van der Waals surface area contributed by atoms with Gasteiger partial charge in [-0.1, -0.05) is 11.6 Å². The molecule has 5 nitrogen and oxygen atoms in total. The second-order valence-corrected chi connectivity index (χ2v) is 4.53. The number of amides is 1. The van der Waals surface area contributed by atoms with Crippen LogP contribution in [-0.2, 0) is 9.53 Å². The highest BCUT2D eigenvalue weighted by Crippen LogP contribution is 2.27. The minimum atomic E-state index is -0.563. The lowest BCUT2D eigenvalue weighted by molar-refractivity contribution is -0.113. The van der Waals surface area contributed by atoms with E-state index in [2.05, 4.69) is 4.74 Å². The van der Waals surface area contributed by atoms with Gasteiger partial charge in [-0.15, -0.1) is 0 Å². The molecule has 0 saturated carbocycles. The molecule has 0 atom stereocenters. The van der Waals surface area contributed by atoms with E-state index in [0.29, 0.717) is 22.1 Å². The van der Waals surface area contributed by atoms with Crippen LogP contribution in [0.3, 0.4) is 0 Å². The van der Waals surface area contributed by atoms with E-state index >= 15 is 0 Å². The maximum Gasteiger partial charge on any atom is 0.339 e. The molecule has 0 unspecified atom stereocenters. The lowest BCUT2D eigenvalue weighted by Crippen LogP contribution is -2.04. The van der Waals surface area contributed by atoms with E-state index in [4.69, 9.17) is 21.8 Å². The van der Waals surface area contributed by atoms with Crippen LogP contribution in [0.4, 0.5) is 0 Å². The first-order valence-electron chi connectivity index (χ1n) is 5.97. The molecule has 0 aliphatic carbocycles. The summed E-state index contributed by atoms with van der Waals surface area (Å²) in [6.07, 6.45) is 2.66. The minimum absolute atomic E-state index is 0.252. The molecule has 0 aliphatic rings. The number of carbonyl (C=O) groups is 2. The van der Waals surface area contributed by atoms with Crippen LogP contribution < -0.4 is 5.73 Å². The predicted molar refractivity (Wildman–Crippen MR) is 78.7 cm³/mol. The number of primary amides is 1. The summed E-state index contributed by atoms with van der Waals surface area (Å²) in [5.74, 6) is -0.0889. The Labute approximate surface area is 125 Å². The average molecular weight is 306 g/mol. The molecule has 0 aliphatic heterocycles. The first kappa shape index (κ1) is 14.9. The number of esters is 1. The fourth-order valence-corrected chi connectivity index (χ4v) is 1.90. The summed E-state index contributed by atoms with van der Waals surface area (Å²) >= 11 is 5.95. The average Bonchev–Trinajstić information content (AvgIpc) is 2.93. The smallest absolute Gasteiger partial charge is 0.339 e. The fourth-order valence-electron chi connectivity index (χ4n) is 1.71. The Morgan fingerprint density at radius 2 is 2.05 bits per heavy atom. The highest BCUT2D eigenvalue weighted by atomic mass is 35.5. The number of halogens is 1. The third kappa shape index (κ3) is 3.52. The van der Waals surface area contributed by atoms with Crippen molar-refractivity contribution in [3.05, 3.63) is 52.8 Å². The van der Waals surface area contributed by atoms with Gasteiger partial charge in [0.15, 0.2) is 0 Å². The molecule has 0 radical (unpaired) electrons. The number of nitrogens with two attached hydrogens (primary N) is 1. The molecular formula is C15H12ClNO4. The van der Waals surface area contributed by atoms with Gasteiger partial charge in [-0.05, 0) is 36.4 Å². The van der Waals surface area contributed by atoms with E-state index in [1.165, 1.54) is 19.3 Å². The Morgan fingerprint density at radius 3 is 2.71 bits per heavy atom. The van der Waals surface area contributed by atoms with Gasteiger partial charge in [0.1, 0.15) is 11.5 Å². The van der Waals surface area contributed by atoms with Crippen molar-refractivity contribution in [2.75, 3.05) is 7.11 Å². The molecule has 2 rings (SSSR count). The number of benzene rings is 1. The molecule has 2 N–H and O–H groups in total. The summed E-state index contributed by atoms with van der Waals surface area (Å²) in [6, 6.07) is 8.28. The van der Waals surface area contributed by atoms with Gasteiger partial charge in [0, 0.05) is 11.6 Å². The van der Waals surface area contributed by atoms with Crippen LogP contribution in [-0.4, -0.2) is 19.0 Å². The molecule has 0 spiro atoms. The number of methoxy groups -OCH3 is 1. The first-order valence-corrected chi connectivity index (χ1v) is 6.34. The second kappa shape index (κ2) is 6.28. The number of hydrogen-bond donors (Lipinski definition) is 1. The highest BCUT2D eigenvalue weighted by molar-refractivity contribution is 6.33. The molecule has 0 bridgehead atoms. The van der Waals surface area contributed by atoms with Gasteiger partial charge in [0.05, 0.1) is 17.7 Å². The maximum absolute atomic E-state index is 11.6. The van der Waals surface area contributed by atoms with Gasteiger partial charge < -0.3 is 14.9 Å². The Balaban J connectivity index is 2.34. The summed E-state index contributed by atoms with van der Waals surface area (Å²) in [5.41, 5.74) is 5.93. The summed E-state index contributed by atoms with van der Waals surface area (Å²) < 4.78 is 10.2. The zero-order valence-corrected chi connectivity index (χ0v) is 11.9. The van der Waals surface area contributed by atoms with Crippen LogP contribution in [0, 0.1) is 0 Å². The highest BCUT2D eigenvalue weighted by Gasteiger charge is 2.13. The Morgan fingerprint density at radius 1 is 1.29 bits per heavy atom. The third-order valence-electron chi connectivity index (χ3n) is 2.69. The van der Waals surface area contributed by atoms with Gasteiger partial charge in [-0.2, -0.15) is 0 Å². The van der Waals surface area contributed by atoms with Gasteiger partial charge in [-0.25, -0.2) is 4.79 Å². The van der Waals surface area contributed by atoms with Gasteiger partial charge >= 0.3 is 5.97 Å². The molecule has 1 amide bonds. The molecule has 2 aromatic rings. The largest absolute Gasteiger partial charge is 0.465 e. The van der Waals surface area contributed by atoms with Crippen LogP contribution in [0.15, 0.2) is 40.8 Å². The molecule has 0 saturated heterocycles. The number of furan rings is 1. The SMILES string of the molecule is COC(=O)c1cc(-c2ccc(/C=C/C(N)=O)o2)ccc1Cl. The number of carbonyl (C=O) groups excluding carboxylic acids is 2. The van der Waals surface area contributed by atoms with Crippen molar-refractivity contribution >= 4 is 29.6 Å². The van der Waals surface area contributed by atoms with Crippen LogP contribution in [0.25, 0.3) is 17.4 Å². The van der Waals surface area contributed by atoms with Crippen molar-refractivity contribution in [2.24, 2.45) is 5.73 Å². The molecule has 108 valence electrons. The number of hydrogen-bond acceptors (Lipinski definition) is 4. The summed E-state index contributed by atoms with van der Waals surface area (Å²) in [4.78, 5) is 22.3. The minimum Gasteiger partial charge on any atom is -0.465 e. The summed E-state index contributed by atoms with van der Waals surface area (Å²) in [6.45, 7) is 0. The Bertz CT molecular complexity index is 718.